The number of pyridine rings is 1. The number of amides is 1. The summed E-state index contributed by atoms with van der Waals surface area (Å²) in [5.41, 5.74) is 1.29. The molecule has 9 nitrogen and oxygen atoms in total. The minimum absolute atomic E-state index is 0.0947. The first kappa shape index (κ1) is 26.5. The molecule has 2 N–H and O–H groups in total. The Balaban J connectivity index is 1.38. The smallest absolute Gasteiger partial charge is 0.391 e. The third kappa shape index (κ3) is 5.68. The number of anilines is 1. The summed E-state index contributed by atoms with van der Waals surface area (Å²) in [7, 11) is 0. The van der Waals surface area contributed by atoms with Crippen molar-refractivity contribution in [1.82, 2.24) is 25.2 Å². The summed E-state index contributed by atoms with van der Waals surface area (Å²) in [5.74, 6) is -0.945. The van der Waals surface area contributed by atoms with Crippen molar-refractivity contribution >= 4 is 34.2 Å². The molecular formula is C25H26ClF3N6O3. The fourth-order valence-electron chi connectivity index (χ4n) is 4.80. The van der Waals surface area contributed by atoms with Crippen molar-refractivity contribution < 1.29 is 27.8 Å². The number of nitrogens with one attached hydrogen (secondary N) is 1. The number of ether oxygens (including phenoxy) is 1. The van der Waals surface area contributed by atoms with Gasteiger partial charge < -0.3 is 20.1 Å². The number of carbonyl (C=O) groups is 1. The van der Waals surface area contributed by atoms with Gasteiger partial charge in [-0.15, -0.1) is 0 Å². The number of nitrogens with zero attached hydrogens (tertiary/aromatic N) is 5. The molecule has 0 bridgehead atoms. The number of carbonyl (C=O) groups excluding carboxylic acids is 1. The third-order valence-corrected chi connectivity index (χ3v) is 7.09. The summed E-state index contributed by atoms with van der Waals surface area (Å²) < 4.78 is 44.3. The number of hydrogen-bond donors (Lipinski definition) is 2. The quantitative estimate of drug-likeness (QED) is 0.483. The van der Waals surface area contributed by atoms with Gasteiger partial charge in [-0.25, -0.2) is 15.0 Å². The number of hydrogen-bond acceptors (Lipinski definition) is 8. The van der Waals surface area contributed by atoms with Gasteiger partial charge >= 0.3 is 6.18 Å². The molecule has 5 rings (SSSR count). The Morgan fingerprint density at radius 2 is 1.89 bits per heavy atom. The van der Waals surface area contributed by atoms with Crippen molar-refractivity contribution in [3.8, 4) is 0 Å². The lowest BCUT2D eigenvalue weighted by Gasteiger charge is -2.34. The Morgan fingerprint density at radius 3 is 2.55 bits per heavy atom. The molecule has 1 amide bonds. The van der Waals surface area contributed by atoms with Crippen LogP contribution in [-0.4, -0.2) is 82.9 Å². The van der Waals surface area contributed by atoms with Gasteiger partial charge in [0, 0.05) is 56.1 Å². The van der Waals surface area contributed by atoms with Crippen molar-refractivity contribution in [2.45, 2.75) is 24.7 Å². The first-order valence-electron chi connectivity index (χ1n) is 12.2. The van der Waals surface area contributed by atoms with Gasteiger partial charge in [-0.1, -0.05) is 11.6 Å². The average molecular weight is 551 g/mol. The normalized spacial score (nSPS) is 19.6. The summed E-state index contributed by atoms with van der Waals surface area (Å²) >= 11 is 6.44. The van der Waals surface area contributed by atoms with E-state index in [1.165, 1.54) is 0 Å². The van der Waals surface area contributed by atoms with Crippen LogP contribution in [0.4, 0.5) is 19.0 Å². The number of fused-ring (bicyclic) bond motifs is 1. The average Bonchev–Trinajstić information content (AvgIpc) is 3.35. The number of aliphatic hydroxyl groups excluding tert-OH is 1. The molecule has 0 radical (unpaired) electrons. The minimum atomic E-state index is -4.64. The number of β-amino-alcohol motifs (C(OH)–C–C–N with tert-alkyl or cyclic N) is 1. The fraction of sp³-hybridized carbons (Fsp3) is 0.440. The SMILES string of the molecule is O=C(NCC(c1cnc(C(F)(F)F)nc1)N1CCOCC1)c1c(Cl)ccc2nc(N3CC[C@H](O)C3)ccc12. The van der Waals surface area contributed by atoms with E-state index in [0.717, 1.165) is 12.4 Å². The molecule has 202 valence electrons. The monoisotopic (exact) mass is 550 g/mol. The first-order chi connectivity index (χ1) is 18.2. The van der Waals surface area contributed by atoms with Crippen LogP contribution in [0.1, 0.15) is 34.2 Å². The maximum absolute atomic E-state index is 13.4. The Kier molecular flexibility index (Phi) is 7.66. The van der Waals surface area contributed by atoms with E-state index in [4.69, 9.17) is 16.3 Å². The second kappa shape index (κ2) is 11.0. The molecule has 2 fully saturated rings. The van der Waals surface area contributed by atoms with Gasteiger partial charge in [-0.2, -0.15) is 13.2 Å². The van der Waals surface area contributed by atoms with Crippen LogP contribution in [-0.2, 0) is 10.9 Å². The van der Waals surface area contributed by atoms with Crippen LogP contribution in [0.25, 0.3) is 10.9 Å². The van der Waals surface area contributed by atoms with Crippen LogP contribution < -0.4 is 10.2 Å². The van der Waals surface area contributed by atoms with Crippen molar-refractivity contribution in [1.29, 1.82) is 0 Å². The fourth-order valence-corrected chi connectivity index (χ4v) is 5.06. The first-order valence-corrected chi connectivity index (χ1v) is 12.6. The molecule has 13 heteroatoms. The van der Waals surface area contributed by atoms with E-state index >= 15 is 0 Å². The van der Waals surface area contributed by atoms with E-state index in [1.54, 1.807) is 24.3 Å². The van der Waals surface area contributed by atoms with Gasteiger partial charge in [0.25, 0.3) is 5.91 Å². The molecule has 38 heavy (non-hydrogen) atoms. The van der Waals surface area contributed by atoms with Crippen LogP contribution in [0, 0.1) is 0 Å². The van der Waals surface area contributed by atoms with E-state index in [1.807, 2.05) is 9.80 Å². The van der Waals surface area contributed by atoms with E-state index < -0.39 is 30.1 Å². The van der Waals surface area contributed by atoms with Crippen LogP contribution in [0.3, 0.4) is 0 Å². The molecule has 0 aliphatic carbocycles. The van der Waals surface area contributed by atoms with E-state index in [9.17, 15) is 23.1 Å². The minimum Gasteiger partial charge on any atom is -0.391 e. The molecular weight excluding hydrogens is 525 g/mol. The number of aromatic nitrogens is 3. The number of benzene rings is 1. The number of rotatable bonds is 6. The highest BCUT2D eigenvalue weighted by Crippen LogP contribution is 2.30. The summed E-state index contributed by atoms with van der Waals surface area (Å²) in [5, 5.41) is 13.6. The van der Waals surface area contributed by atoms with E-state index in [-0.39, 0.29) is 17.1 Å². The number of alkyl halides is 3. The van der Waals surface area contributed by atoms with Crippen molar-refractivity contribution in [2.24, 2.45) is 0 Å². The zero-order chi connectivity index (χ0) is 26.9. The van der Waals surface area contributed by atoms with Crippen LogP contribution in [0.2, 0.25) is 5.02 Å². The van der Waals surface area contributed by atoms with E-state index in [0.29, 0.717) is 68.1 Å². The Labute approximate surface area is 221 Å². The molecule has 2 aliphatic heterocycles. The van der Waals surface area contributed by atoms with Gasteiger partial charge in [0.1, 0.15) is 5.82 Å². The van der Waals surface area contributed by atoms with Gasteiger partial charge in [0.15, 0.2) is 0 Å². The number of halogens is 4. The van der Waals surface area contributed by atoms with Gasteiger partial charge in [0.05, 0.1) is 41.5 Å². The molecule has 2 atom stereocenters. The Morgan fingerprint density at radius 1 is 1.16 bits per heavy atom. The number of morpholine rings is 1. The highest BCUT2D eigenvalue weighted by atomic mass is 35.5. The summed E-state index contributed by atoms with van der Waals surface area (Å²) in [6.07, 6.45) is -2.08. The summed E-state index contributed by atoms with van der Waals surface area (Å²) in [6, 6.07) is 6.46. The molecule has 0 saturated carbocycles. The Bertz CT molecular complexity index is 1300. The third-order valence-electron chi connectivity index (χ3n) is 6.77. The lowest BCUT2D eigenvalue weighted by molar-refractivity contribution is -0.145. The molecule has 2 aromatic heterocycles. The summed E-state index contributed by atoms with van der Waals surface area (Å²) in [6.45, 7) is 3.28. The number of aliphatic hydroxyl groups is 1. The molecule has 1 aromatic carbocycles. The predicted octanol–water partition coefficient (Wildman–Crippen LogP) is 3.07. The molecule has 2 saturated heterocycles. The van der Waals surface area contributed by atoms with Crippen molar-refractivity contribution in [3.63, 3.8) is 0 Å². The standard InChI is InChI=1S/C25H26ClF3N6O3/c26-18-2-3-19-17(1-4-21(33-19)35-6-5-16(36)14-35)22(18)23(37)30-13-20(34-7-9-38-10-8-34)15-11-31-24(32-12-15)25(27,28)29/h1-4,11-12,16,20,36H,5-10,13-14H2,(H,30,37)/t16-,20?/m0/s1. The maximum atomic E-state index is 13.4. The van der Waals surface area contributed by atoms with E-state index in [2.05, 4.69) is 20.3 Å². The highest BCUT2D eigenvalue weighted by Gasteiger charge is 2.35. The van der Waals surface area contributed by atoms with Crippen molar-refractivity contribution in [2.75, 3.05) is 50.8 Å². The topological polar surface area (TPSA) is 104 Å². The second-order valence-corrected chi connectivity index (χ2v) is 9.67. The van der Waals surface area contributed by atoms with Gasteiger partial charge in [-0.05, 0) is 30.7 Å². The lowest BCUT2D eigenvalue weighted by Crippen LogP contribution is -2.44. The maximum Gasteiger partial charge on any atom is 0.451 e. The highest BCUT2D eigenvalue weighted by molar-refractivity contribution is 6.35. The summed E-state index contributed by atoms with van der Waals surface area (Å²) in [4.78, 5) is 29.0. The molecule has 2 aliphatic rings. The van der Waals surface area contributed by atoms with Crippen LogP contribution >= 0.6 is 11.6 Å². The largest absolute Gasteiger partial charge is 0.451 e. The van der Waals surface area contributed by atoms with Crippen LogP contribution in [0.5, 0.6) is 0 Å². The zero-order valence-electron chi connectivity index (χ0n) is 20.3. The molecule has 1 unspecified atom stereocenters. The van der Waals surface area contributed by atoms with Crippen LogP contribution in [0.15, 0.2) is 36.7 Å². The van der Waals surface area contributed by atoms with Gasteiger partial charge in [-0.3, -0.25) is 9.69 Å². The Hall–Kier alpha value is -3.06. The second-order valence-electron chi connectivity index (χ2n) is 9.26. The van der Waals surface area contributed by atoms with Crippen molar-refractivity contribution in [3.05, 3.63) is 58.6 Å². The van der Waals surface area contributed by atoms with Gasteiger partial charge in [0.2, 0.25) is 5.82 Å². The molecule has 3 aromatic rings. The lowest BCUT2D eigenvalue weighted by atomic mass is 10.1. The zero-order valence-corrected chi connectivity index (χ0v) is 21.0. The molecule has 0 spiro atoms. The predicted molar refractivity (Wildman–Crippen MR) is 134 cm³/mol. The molecule has 4 heterocycles.